The molecule has 4 aliphatic rings. The fraction of sp³-hybridized carbons (Fsp3) is 0.900. The molecule has 1 aliphatic carbocycles. The topological polar surface area (TPSA) is 82.1 Å². The Balaban J connectivity index is 1.58. The molecule has 0 unspecified atom stereocenters. The quantitative estimate of drug-likeness (QED) is 0.731. The van der Waals surface area contributed by atoms with E-state index in [0.717, 1.165) is 45.2 Å². The van der Waals surface area contributed by atoms with Crippen molar-refractivity contribution >= 4 is 11.8 Å². The molecule has 27 heavy (non-hydrogen) atoms. The lowest BCUT2D eigenvalue weighted by Gasteiger charge is -2.52. The second-order valence-electron chi connectivity index (χ2n) is 8.74. The number of morpholine rings is 1. The molecule has 3 aliphatic heterocycles. The van der Waals surface area contributed by atoms with E-state index >= 15 is 0 Å². The van der Waals surface area contributed by atoms with Gasteiger partial charge in [-0.1, -0.05) is 19.3 Å². The Labute approximate surface area is 161 Å². The average Bonchev–Trinajstić information content (AvgIpc) is 2.72. The predicted molar refractivity (Wildman–Crippen MR) is 100 cm³/mol. The van der Waals surface area contributed by atoms with Crippen molar-refractivity contribution in [2.75, 3.05) is 45.9 Å². The Morgan fingerprint density at radius 2 is 1.81 bits per heavy atom. The van der Waals surface area contributed by atoms with E-state index in [4.69, 9.17) is 4.74 Å². The molecule has 1 spiro atoms. The van der Waals surface area contributed by atoms with Crippen LogP contribution in [0.25, 0.3) is 0 Å². The highest BCUT2D eigenvalue weighted by Crippen LogP contribution is 2.41. The van der Waals surface area contributed by atoms with Gasteiger partial charge in [-0.3, -0.25) is 14.5 Å². The van der Waals surface area contributed by atoms with Gasteiger partial charge in [0, 0.05) is 32.7 Å². The molecule has 1 saturated carbocycles. The summed E-state index contributed by atoms with van der Waals surface area (Å²) in [4.78, 5) is 30.8. The van der Waals surface area contributed by atoms with E-state index in [1.165, 1.54) is 6.42 Å². The van der Waals surface area contributed by atoms with Gasteiger partial charge in [0.15, 0.2) is 0 Å². The van der Waals surface area contributed by atoms with Gasteiger partial charge >= 0.3 is 0 Å². The zero-order chi connectivity index (χ0) is 18.9. The number of piperidine rings is 2. The van der Waals surface area contributed by atoms with Crippen LogP contribution in [0.1, 0.15) is 51.4 Å². The van der Waals surface area contributed by atoms with Gasteiger partial charge in [-0.05, 0) is 32.1 Å². The molecule has 4 fully saturated rings. The maximum Gasteiger partial charge on any atom is 0.243 e. The summed E-state index contributed by atoms with van der Waals surface area (Å²) in [6.45, 7) is 4.52. The number of aliphatic hydroxyl groups is 1. The highest BCUT2D eigenvalue weighted by Gasteiger charge is 2.54. The van der Waals surface area contributed by atoms with E-state index in [0.29, 0.717) is 45.7 Å². The third-order valence-electron chi connectivity index (χ3n) is 7.30. The molecule has 3 heterocycles. The number of rotatable bonds is 2. The van der Waals surface area contributed by atoms with Crippen molar-refractivity contribution in [2.45, 2.75) is 63.0 Å². The molecule has 7 heteroatoms. The molecule has 7 nitrogen and oxygen atoms in total. The monoisotopic (exact) mass is 379 g/mol. The van der Waals surface area contributed by atoms with Crippen molar-refractivity contribution in [1.29, 1.82) is 0 Å². The molecular formula is C20H33N3O4. The zero-order valence-electron chi connectivity index (χ0n) is 16.3. The van der Waals surface area contributed by atoms with E-state index in [-0.39, 0.29) is 11.8 Å². The minimum absolute atomic E-state index is 0.0807. The number of carbonyl (C=O) groups is 2. The lowest BCUT2D eigenvalue weighted by Crippen LogP contribution is -2.68. The molecule has 2 amide bonds. The number of aliphatic hydroxyl groups excluding tert-OH is 1. The Hall–Kier alpha value is -1.18. The van der Waals surface area contributed by atoms with Crippen LogP contribution in [-0.2, 0) is 14.3 Å². The van der Waals surface area contributed by atoms with Crippen LogP contribution >= 0.6 is 0 Å². The van der Waals surface area contributed by atoms with Crippen LogP contribution in [0, 0.1) is 5.41 Å². The zero-order valence-corrected chi connectivity index (χ0v) is 16.3. The first-order chi connectivity index (χ1) is 13.1. The van der Waals surface area contributed by atoms with Crippen LogP contribution in [0.3, 0.4) is 0 Å². The first-order valence-electron chi connectivity index (χ1n) is 10.7. The van der Waals surface area contributed by atoms with Gasteiger partial charge in [0.1, 0.15) is 5.54 Å². The summed E-state index contributed by atoms with van der Waals surface area (Å²) >= 11 is 0. The van der Waals surface area contributed by atoms with Crippen LogP contribution in [0.15, 0.2) is 0 Å². The van der Waals surface area contributed by atoms with Crippen molar-refractivity contribution in [3.05, 3.63) is 0 Å². The van der Waals surface area contributed by atoms with E-state index in [9.17, 15) is 14.7 Å². The first-order valence-corrected chi connectivity index (χ1v) is 10.7. The molecule has 3 saturated heterocycles. The number of amides is 2. The van der Waals surface area contributed by atoms with Gasteiger partial charge in [0.25, 0.3) is 0 Å². The van der Waals surface area contributed by atoms with Crippen LogP contribution in [0.5, 0.6) is 0 Å². The second kappa shape index (κ2) is 7.68. The lowest BCUT2D eigenvalue weighted by molar-refractivity contribution is -0.165. The Kier molecular flexibility index (Phi) is 5.45. The van der Waals surface area contributed by atoms with Gasteiger partial charge in [-0.2, -0.15) is 0 Å². The summed E-state index contributed by atoms with van der Waals surface area (Å²) in [6.07, 6.45) is 6.47. The maximum atomic E-state index is 13.8. The predicted octanol–water partition coefficient (Wildman–Crippen LogP) is 0.511. The number of likely N-dealkylation sites (tertiary alicyclic amines) is 1. The van der Waals surface area contributed by atoms with E-state index in [1.54, 1.807) is 0 Å². The molecule has 0 aromatic rings. The average molecular weight is 380 g/mol. The number of ether oxygens (including phenoxy) is 1. The number of hydrogen-bond donors (Lipinski definition) is 2. The fourth-order valence-electron chi connectivity index (χ4n) is 5.70. The number of hydrogen-bond acceptors (Lipinski definition) is 5. The van der Waals surface area contributed by atoms with Gasteiger partial charge in [-0.25, -0.2) is 0 Å². The van der Waals surface area contributed by atoms with Crippen LogP contribution in [-0.4, -0.2) is 84.3 Å². The van der Waals surface area contributed by atoms with Crippen LogP contribution in [0.2, 0.25) is 0 Å². The summed E-state index contributed by atoms with van der Waals surface area (Å²) in [7, 11) is 0. The molecule has 152 valence electrons. The van der Waals surface area contributed by atoms with Crippen molar-refractivity contribution in [1.82, 2.24) is 15.1 Å². The third kappa shape index (κ3) is 3.28. The lowest BCUT2D eigenvalue weighted by atomic mass is 9.70. The van der Waals surface area contributed by atoms with Crippen molar-refractivity contribution in [3.63, 3.8) is 0 Å². The largest absolute Gasteiger partial charge is 0.392 e. The molecule has 0 radical (unpaired) electrons. The standard InChI is InChI=1S/C20H33N3O4/c24-16-5-10-22(15-19(16)6-4-9-21-17(19)25)18(26)20(7-2-1-3-8-20)23-11-13-27-14-12-23/h16,24H,1-15H2,(H,21,25)/t16-,19-/m1/s1. The highest BCUT2D eigenvalue weighted by molar-refractivity contribution is 5.89. The van der Waals surface area contributed by atoms with Crippen molar-refractivity contribution < 1.29 is 19.4 Å². The van der Waals surface area contributed by atoms with E-state index in [1.807, 2.05) is 4.90 Å². The van der Waals surface area contributed by atoms with Crippen molar-refractivity contribution in [3.8, 4) is 0 Å². The Bertz CT molecular complexity index is 572. The highest BCUT2D eigenvalue weighted by atomic mass is 16.5. The molecule has 0 aromatic carbocycles. The number of carbonyl (C=O) groups excluding carboxylic acids is 2. The summed E-state index contributed by atoms with van der Waals surface area (Å²) in [5.41, 5.74) is -1.27. The Morgan fingerprint density at radius 3 is 2.52 bits per heavy atom. The molecule has 2 N–H and O–H groups in total. The smallest absolute Gasteiger partial charge is 0.243 e. The molecule has 2 atom stereocenters. The summed E-state index contributed by atoms with van der Waals surface area (Å²) < 4.78 is 5.53. The Morgan fingerprint density at radius 1 is 1.07 bits per heavy atom. The summed E-state index contributed by atoms with van der Waals surface area (Å²) in [5.74, 6) is 0.0940. The summed E-state index contributed by atoms with van der Waals surface area (Å²) in [6, 6.07) is 0. The second-order valence-corrected chi connectivity index (χ2v) is 8.74. The number of nitrogens with zero attached hydrogens (tertiary/aromatic N) is 2. The van der Waals surface area contributed by atoms with Crippen LogP contribution < -0.4 is 5.32 Å². The third-order valence-corrected chi connectivity index (χ3v) is 7.30. The summed E-state index contributed by atoms with van der Waals surface area (Å²) in [5, 5.41) is 13.6. The minimum atomic E-state index is -0.826. The first kappa shape index (κ1) is 19.2. The molecule has 0 bridgehead atoms. The molecular weight excluding hydrogens is 346 g/mol. The van der Waals surface area contributed by atoms with Gasteiger partial charge < -0.3 is 20.1 Å². The van der Waals surface area contributed by atoms with Crippen LogP contribution in [0.4, 0.5) is 0 Å². The van der Waals surface area contributed by atoms with Gasteiger partial charge in [0.2, 0.25) is 11.8 Å². The fourth-order valence-corrected chi connectivity index (χ4v) is 5.70. The molecule has 4 rings (SSSR count). The van der Waals surface area contributed by atoms with Crippen molar-refractivity contribution in [2.24, 2.45) is 5.41 Å². The number of nitrogens with one attached hydrogen (secondary N) is 1. The molecule has 0 aromatic heterocycles. The SMILES string of the molecule is O=C(N1CC[C@@H](O)[C@@]2(CCCNC2=O)C1)C1(N2CCOCC2)CCCCC1. The normalized spacial score (nSPS) is 35.1. The maximum absolute atomic E-state index is 13.8. The van der Waals surface area contributed by atoms with Gasteiger partial charge in [-0.15, -0.1) is 0 Å². The van der Waals surface area contributed by atoms with E-state index < -0.39 is 17.1 Å². The van der Waals surface area contributed by atoms with Gasteiger partial charge in [0.05, 0.1) is 24.7 Å². The minimum Gasteiger partial charge on any atom is -0.392 e. The van der Waals surface area contributed by atoms with E-state index in [2.05, 4.69) is 10.2 Å².